The van der Waals surface area contributed by atoms with E-state index in [0.717, 1.165) is 16.9 Å². The smallest absolute Gasteiger partial charge is 0.226 e. The highest BCUT2D eigenvalue weighted by molar-refractivity contribution is 6.33. The van der Waals surface area contributed by atoms with Gasteiger partial charge in [-0.2, -0.15) is 0 Å². The van der Waals surface area contributed by atoms with Crippen LogP contribution in [0.2, 0.25) is 5.02 Å². The Labute approximate surface area is 122 Å². The molecule has 0 aliphatic carbocycles. The third kappa shape index (κ3) is 2.40. The summed E-state index contributed by atoms with van der Waals surface area (Å²) in [6.45, 7) is 2.05. The van der Waals surface area contributed by atoms with Crippen LogP contribution in [0.15, 0.2) is 53.1 Å². The lowest BCUT2D eigenvalue weighted by atomic mass is 10.1. The number of nitrogens with zero attached hydrogens (tertiary/aromatic N) is 1. The summed E-state index contributed by atoms with van der Waals surface area (Å²) in [5.74, 6) is 1.26. The molecule has 0 radical (unpaired) electrons. The lowest BCUT2D eigenvalue weighted by molar-refractivity contribution is 0.589. The normalized spacial score (nSPS) is 10.7. The van der Waals surface area contributed by atoms with Gasteiger partial charge in [0, 0.05) is 11.1 Å². The minimum atomic E-state index is 0.513. The molecule has 0 aliphatic heterocycles. The monoisotopic (exact) mass is 284 g/mol. The van der Waals surface area contributed by atoms with Crippen LogP contribution in [0.5, 0.6) is 0 Å². The maximum atomic E-state index is 5.91. The van der Waals surface area contributed by atoms with Crippen LogP contribution in [0.3, 0.4) is 0 Å². The molecule has 0 amide bonds. The van der Waals surface area contributed by atoms with E-state index in [1.807, 2.05) is 37.3 Å². The zero-order valence-corrected chi connectivity index (χ0v) is 11.7. The van der Waals surface area contributed by atoms with E-state index in [9.17, 15) is 0 Å². The predicted molar refractivity (Wildman–Crippen MR) is 81.5 cm³/mol. The van der Waals surface area contributed by atoms with Crippen LogP contribution in [-0.2, 0) is 0 Å². The highest BCUT2D eigenvalue weighted by Crippen LogP contribution is 2.29. The third-order valence-corrected chi connectivity index (χ3v) is 3.43. The van der Waals surface area contributed by atoms with E-state index in [0.29, 0.717) is 16.6 Å². The fourth-order valence-electron chi connectivity index (χ4n) is 1.94. The van der Waals surface area contributed by atoms with Crippen molar-refractivity contribution in [3.8, 4) is 22.8 Å². The van der Waals surface area contributed by atoms with Gasteiger partial charge in [-0.3, -0.25) is 0 Å². The third-order valence-electron chi connectivity index (χ3n) is 3.08. The summed E-state index contributed by atoms with van der Waals surface area (Å²) in [6, 6.07) is 13.4. The van der Waals surface area contributed by atoms with Crippen LogP contribution in [-0.4, -0.2) is 4.98 Å². The van der Waals surface area contributed by atoms with Crippen LogP contribution in [0, 0.1) is 6.92 Å². The molecule has 3 nitrogen and oxygen atoms in total. The van der Waals surface area contributed by atoms with Crippen molar-refractivity contribution in [2.75, 3.05) is 5.73 Å². The van der Waals surface area contributed by atoms with Gasteiger partial charge in [-0.25, -0.2) is 4.98 Å². The minimum Gasteiger partial charge on any atom is -0.436 e. The highest BCUT2D eigenvalue weighted by atomic mass is 35.5. The summed E-state index contributed by atoms with van der Waals surface area (Å²) in [5.41, 5.74) is 9.32. The number of nitrogens with two attached hydrogens (primary N) is 1. The summed E-state index contributed by atoms with van der Waals surface area (Å²) in [7, 11) is 0. The first-order valence-corrected chi connectivity index (χ1v) is 6.59. The number of rotatable bonds is 2. The lowest BCUT2D eigenvalue weighted by Crippen LogP contribution is -1.87. The zero-order chi connectivity index (χ0) is 14.1. The number of aromatic nitrogens is 1. The number of oxazole rings is 1. The second-order valence-electron chi connectivity index (χ2n) is 4.63. The van der Waals surface area contributed by atoms with Crippen molar-refractivity contribution in [1.29, 1.82) is 0 Å². The molecule has 0 bridgehead atoms. The molecule has 0 saturated carbocycles. The Bertz CT molecular complexity index is 747. The molecule has 1 aromatic heterocycles. The Morgan fingerprint density at radius 2 is 1.75 bits per heavy atom. The van der Waals surface area contributed by atoms with E-state index in [2.05, 4.69) is 4.98 Å². The molecular weight excluding hydrogens is 272 g/mol. The molecule has 2 N–H and O–H groups in total. The molecule has 1 heterocycles. The fourth-order valence-corrected chi connectivity index (χ4v) is 2.05. The summed E-state index contributed by atoms with van der Waals surface area (Å²) >= 11 is 5.91. The number of nitrogen functional groups attached to an aromatic ring is 1. The summed E-state index contributed by atoms with van der Waals surface area (Å²) < 4.78 is 5.78. The summed E-state index contributed by atoms with van der Waals surface area (Å²) in [5, 5.41) is 0.527. The molecule has 20 heavy (non-hydrogen) atoms. The first-order valence-electron chi connectivity index (χ1n) is 6.22. The first-order chi connectivity index (χ1) is 9.63. The molecular formula is C16H13ClN2O. The molecule has 2 aromatic carbocycles. The van der Waals surface area contributed by atoms with E-state index in [-0.39, 0.29) is 0 Å². The summed E-state index contributed by atoms with van der Waals surface area (Å²) in [4.78, 5) is 4.29. The van der Waals surface area contributed by atoms with Gasteiger partial charge in [-0.1, -0.05) is 41.4 Å². The van der Waals surface area contributed by atoms with Crippen molar-refractivity contribution in [1.82, 2.24) is 4.98 Å². The fraction of sp³-hybridized carbons (Fsp3) is 0.0625. The van der Waals surface area contributed by atoms with Crippen LogP contribution in [0.1, 0.15) is 5.56 Å². The second-order valence-corrected chi connectivity index (χ2v) is 5.04. The molecule has 0 saturated heterocycles. The van der Waals surface area contributed by atoms with Gasteiger partial charge in [0.15, 0.2) is 5.76 Å². The Kier molecular flexibility index (Phi) is 3.20. The van der Waals surface area contributed by atoms with E-state index in [1.54, 1.807) is 18.3 Å². The van der Waals surface area contributed by atoms with Crippen molar-refractivity contribution < 1.29 is 4.42 Å². The number of aryl methyl sites for hydroxylation is 1. The number of anilines is 1. The van der Waals surface area contributed by atoms with Crippen molar-refractivity contribution >= 4 is 17.3 Å². The molecule has 0 fully saturated rings. The topological polar surface area (TPSA) is 52.0 Å². The van der Waals surface area contributed by atoms with E-state index in [4.69, 9.17) is 21.8 Å². The number of hydrogen-bond donors (Lipinski definition) is 1. The Morgan fingerprint density at radius 3 is 2.45 bits per heavy atom. The molecule has 4 heteroatoms. The standard InChI is InChI=1S/C16H13ClN2O/c1-10-2-4-11(5-3-10)15-9-19-16(20-15)12-6-7-13(17)14(18)8-12/h2-9H,18H2,1H3. The predicted octanol–water partition coefficient (Wildman–Crippen LogP) is 4.55. The van der Waals surface area contributed by atoms with E-state index >= 15 is 0 Å². The van der Waals surface area contributed by atoms with Crippen molar-refractivity contribution in [3.63, 3.8) is 0 Å². The number of hydrogen-bond acceptors (Lipinski definition) is 3. The maximum absolute atomic E-state index is 5.91. The lowest BCUT2D eigenvalue weighted by Gasteiger charge is -2.00. The van der Waals surface area contributed by atoms with Crippen LogP contribution in [0.25, 0.3) is 22.8 Å². The van der Waals surface area contributed by atoms with Gasteiger partial charge in [-0.15, -0.1) is 0 Å². The number of halogens is 1. The Morgan fingerprint density at radius 1 is 1.05 bits per heavy atom. The average Bonchev–Trinajstić information content (AvgIpc) is 2.92. The van der Waals surface area contributed by atoms with Crippen molar-refractivity contribution in [2.24, 2.45) is 0 Å². The first kappa shape index (κ1) is 12.8. The molecule has 0 aliphatic rings. The van der Waals surface area contributed by atoms with Crippen LogP contribution in [0.4, 0.5) is 5.69 Å². The van der Waals surface area contributed by atoms with Crippen molar-refractivity contribution in [3.05, 3.63) is 59.2 Å². The van der Waals surface area contributed by atoms with Gasteiger partial charge in [0.2, 0.25) is 5.89 Å². The number of benzene rings is 2. The maximum Gasteiger partial charge on any atom is 0.226 e. The molecule has 0 unspecified atom stereocenters. The van der Waals surface area contributed by atoms with Gasteiger partial charge in [0.25, 0.3) is 0 Å². The quantitative estimate of drug-likeness (QED) is 0.702. The summed E-state index contributed by atoms with van der Waals surface area (Å²) in [6.07, 6.45) is 1.71. The van der Waals surface area contributed by atoms with Crippen LogP contribution < -0.4 is 5.73 Å². The van der Waals surface area contributed by atoms with Gasteiger partial charge in [0.1, 0.15) is 0 Å². The molecule has 3 rings (SSSR count). The Balaban J connectivity index is 1.97. The molecule has 0 atom stereocenters. The van der Waals surface area contributed by atoms with Crippen molar-refractivity contribution in [2.45, 2.75) is 6.92 Å². The van der Waals surface area contributed by atoms with Crippen LogP contribution >= 0.6 is 11.6 Å². The second kappa shape index (κ2) is 5.02. The van der Waals surface area contributed by atoms with Gasteiger partial charge in [0.05, 0.1) is 16.9 Å². The SMILES string of the molecule is Cc1ccc(-c2cnc(-c3ccc(Cl)c(N)c3)o2)cc1. The van der Waals surface area contributed by atoms with Gasteiger partial charge in [-0.05, 0) is 25.1 Å². The molecule has 3 aromatic rings. The Hall–Kier alpha value is -2.26. The van der Waals surface area contributed by atoms with E-state index < -0.39 is 0 Å². The van der Waals surface area contributed by atoms with Gasteiger partial charge >= 0.3 is 0 Å². The highest BCUT2D eigenvalue weighted by Gasteiger charge is 2.09. The average molecular weight is 285 g/mol. The largest absolute Gasteiger partial charge is 0.436 e. The minimum absolute atomic E-state index is 0.513. The zero-order valence-electron chi connectivity index (χ0n) is 10.9. The molecule has 0 spiro atoms. The van der Waals surface area contributed by atoms with Gasteiger partial charge < -0.3 is 10.2 Å². The van der Waals surface area contributed by atoms with E-state index in [1.165, 1.54) is 5.56 Å². The molecule has 100 valence electrons.